The first kappa shape index (κ1) is 15.0. The predicted molar refractivity (Wildman–Crippen MR) is 80.1 cm³/mol. The molecule has 0 aromatic heterocycles. The summed E-state index contributed by atoms with van der Waals surface area (Å²) in [7, 11) is 0. The third-order valence-electron chi connectivity index (χ3n) is 2.85. The van der Waals surface area contributed by atoms with Crippen LogP contribution in [0, 0.1) is 10.1 Å². The highest BCUT2D eigenvalue weighted by Gasteiger charge is 2.20. The van der Waals surface area contributed by atoms with Crippen molar-refractivity contribution in [3.05, 3.63) is 69.2 Å². The summed E-state index contributed by atoms with van der Waals surface area (Å²) >= 11 is 5.80. The Bertz CT molecular complexity index is 676. The highest BCUT2D eigenvalue weighted by molar-refractivity contribution is 6.31. The molecule has 21 heavy (non-hydrogen) atoms. The van der Waals surface area contributed by atoms with Gasteiger partial charge in [0.15, 0.2) is 0 Å². The molecule has 0 heterocycles. The second-order valence-corrected chi connectivity index (χ2v) is 4.73. The van der Waals surface area contributed by atoms with Crippen molar-refractivity contribution in [3.8, 4) is 0 Å². The molecule has 3 N–H and O–H groups in total. The molecule has 2 aromatic rings. The number of carbonyl (C=O) groups is 1. The molecule has 0 aliphatic rings. The maximum atomic E-state index is 12.1. The number of nitro benzene ring substituents is 1. The molecule has 7 heteroatoms. The third kappa shape index (κ3) is 3.56. The lowest BCUT2D eigenvalue weighted by Gasteiger charge is -2.12. The van der Waals surface area contributed by atoms with Gasteiger partial charge in [-0.15, -0.1) is 0 Å². The number of nitrogens with zero attached hydrogens (tertiary/aromatic N) is 1. The van der Waals surface area contributed by atoms with Crippen LogP contribution in [0.25, 0.3) is 0 Å². The van der Waals surface area contributed by atoms with Crippen molar-refractivity contribution < 1.29 is 9.72 Å². The summed E-state index contributed by atoms with van der Waals surface area (Å²) in [4.78, 5) is 22.4. The lowest BCUT2D eigenvalue weighted by molar-refractivity contribution is -0.383. The van der Waals surface area contributed by atoms with Crippen molar-refractivity contribution in [1.29, 1.82) is 0 Å². The van der Waals surface area contributed by atoms with E-state index in [0.717, 1.165) is 0 Å². The van der Waals surface area contributed by atoms with E-state index >= 15 is 0 Å². The number of benzene rings is 2. The summed E-state index contributed by atoms with van der Waals surface area (Å²) in [6.07, 6.45) is 0. The van der Waals surface area contributed by atoms with Crippen molar-refractivity contribution in [2.45, 2.75) is 6.04 Å². The minimum atomic E-state index is -0.926. The van der Waals surface area contributed by atoms with Crippen LogP contribution in [-0.2, 0) is 4.79 Å². The first-order chi connectivity index (χ1) is 9.99. The van der Waals surface area contributed by atoms with Gasteiger partial charge in [0.25, 0.3) is 5.69 Å². The Kier molecular flexibility index (Phi) is 4.52. The Labute approximate surface area is 125 Å². The van der Waals surface area contributed by atoms with Crippen LogP contribution in [0.15, 0.2) is 48.5 Å². The lowest BCUT2D eigenvalue weighted by Crippen LogP contribution is -2.27. The molecule has 6 nitrogen and oxygen atoms in total. The van der Waals surface area contributed by atoms with Crippen LogP contribution in [0.3, 0.4) is 0 Å². The Balaban J connectivity index is 2.24. The van der Waals surface area contributed by atoms with Gasteiger partial charge >= 0.3 is 0 Å². The van der Waals surface area contributed by atoms with Gasteiger partial charge in [0.1, 0.15) is 11.7 Å². The van der Waals surface area contributed by atoms with E-state index in [2.05, 4.69) is 5.32 Å². The van der Waals surface area contributed by atoms with Crippen LogP contribution < -0.4 is 11.1 Å². The van der Waals surface area contributed by atoms with Crippen LogP contribution >= 0.6 is 11.6 Å². The number of nitrogens with two attached hydrogens (primary N) is 1. The second kappa shape index (κ2) is 6.34. The summed E-state index contributed by atoms with van der Waals surface area (Å²) in [6, 6.07) is 11.7. The molecule has 0 bridgehead atoms. The fourth-order valence-corrected chi connectivity index (χ4v) is 1.96. The van der Waals surface area contributed by atoms with Crippen LogP contribution in [0.4, 0.5) is 11.4 Å². The van der Waals surface area contributed by atoms with Crippen molar-refractivity contribution in [1.82, 2.24) is 0 Å². The molecule has 0 saturated heterocycles. The van der Waals surface area contributed by atoms with E-state index in [9.17, 15) is 14.9 Å². The minimum Gasteiger partial charge on any atom is -0.319 e. The van der Waals surface area contributed by atoms with E-state index in [4.69, 9.17) is 17.3 Å². The van der Waals surface area contributed by atoms with E-state index in [1.165, 1.54) is 18.2 Å². The highest BCUT2D eigenvalue weighted by Crippen LogP contribution is 2.28. The second-order valence-electron chi connectivity index (χ2n) is 4.30. The smallest absolute Gasteiger partial charge is 0.292 e. The quantitative estimate of drug-likeness (QED) is 0.670. The first-order valence-corrected chi connectivity index (χ1v) is 6.42. The number of nitro groups is 1. The molecule has 2 aromatic carbocycles. The standard InChI is InChI=1S/C14H12ClN3O3/c15-10-6-7-12(18(20)21)11(8-10)17-14(19)13(16)9-4-2-1-3-5-9/h1-8,13H,16H2,(H,17,19)/t13-/m0/s1. The fourth-order valence-electron chi connectivity index (χ4n) is 1.79. The molecule has 108 valence electrons. The number of nitrogens with one attached hydrogen (secondary N) is 1. The molecule has 0 aliphatic heterocycles. The topological polar surface area (TPSA) is 98.3 Å². The molecular weight excluding hydrogens is 294 g/mol. The van der Waals surface area contributed by atoms with Gasteiger partial charge in [-0.2, -0.15) is 0 Å². The van der Waals surface area contributed by atoms with Gasteiger partial charge in [-0.3, -0.25) is 14.9 Å². The Morgan fingerprint density at radius 1 is 1.24 bits per heavy atom. The third-order valence-corrected chi connectivity index (χ3v) is 3.09. The minimum absolute atomic E-state index is 0.0175. The Hall–Kier alpha value is -2.44. The average molecular weight is 306 g/mol. The van der Waals surface area contributed by atoms with Crippen molar-refractivity contribution in [2.75, 3.05) is 5.32 Å². The zero-order valence-corrected chi connectivity index (χ0v) is 11.6. The molecule has 0 fully saturated rings. The summed E-state index contributed by atoms with van der Waals surface area (Å²) in [5.41, 5.74) is 6.22. The Morgan fingerprint density at radius 3 is 2.52 bits per heavy atom. The lowest BCUT2D eigenvalue weighted by atomic mass is 10.1. The zero-order chi connectivity index (χ0) is 15.4. The van der Waals surface area contributed by atoms with Crippen LogP contribution in [0.5, 0.6) is 0 Å². The van der Waals surface area contributed by atoms with Gasteiger partial charge in [-0.1, -0.05) is 41.9 Å². The van der Waals surface area contributed by atoms with Crippen molar-refractivity contribution in [3.63, 3.8) is 0 Å². The van der Waals surface area contributed by atoms with Gasteiger partial charge in [0.2, 0.25) is 5.91 Å². The molecule has 0 aliphatic carbocycles. The van der Waals surface area contributed by atoms with Crippen molar-refractivity contribution >= 4 is 28.9 Å². The predicted octanol–water partition coefficient (Wildman–Crippen LogP) is 2.89. The number of halogens is 1. The van der Waals surface area contributed by atoms with E-state index in [0.29, 0.717) is 5.56 Å². The summed E-state index contributed by atoms with van der Waals surface area (Å²) in [5.74, 6) is -0.549. The molecule has 1 amide bonds. The Morgan fingerprint density at radius 2 is 1.90 bits per heavy atom. The first-order valence-electron chi connectivity index (χ1n) is 6.04. The fraction of sp³-hybridized carbons (Fsp3) is 0.0714. The molecule has 0 unspecified atom stereocenters. The van der Waals surface area contributed by atoms with Crippen molar-refractivity contribution in [2.24, 2.45) is 5.73 Å². The van der Waals surface area contributed by atoms with Crippen LogP contribution in [0.2, 0.25) is 5.02 Å². The largest absolute Gasteiger partial charge is 0.319 e. The average Bonchev–Trinajstić information content (AvgIpc) is 2.47. The van der Waals surface area contributed by atoms with E-state index in [-0.39, 0.29) is 16.4 Å². The SMILES string of the molecule is N[C@H](C(=O)Nc1cc(Cl)ccc1[N+](=O)[O-])c1ccccc1. The molecular formula is C14H12ClN3O3. The van der Waals surface area contributed by atoms with Gasteiger partial charge in [0.05, 0.1) is 4.92 Å². The molecule has 0 radical (unpaired) electrons. The zero-order valence-electron chi connectivity index (χ0n) is 10.8. The van der Waals surface area contributed by atoms with Crippen LogP contribution in [0.1, 0.15) is 11.6 Å². The monoisotopic (exact) mass is 305 g/mol. The van der Waals surface area contributed by atoms with Gasteiger partial charge < -0.3 is 11.1 Å². The summed E-state index contributed by atoms with van der Waals surface area (Å²) < 4.78 is 0. The van der Waals surface area contributed by atoms with Gasteiger partial charge in [0, 0.05) is 11.1 Å². The molecule has 0 spiro atoms. The highest BCUT2D eigenvalue weighted by atomic mass is 35.5. The maximum absolute atomic E-state index is 12.1. The normalized spacial score (nSPS) is 11.7. The number of amides is 1. The van der Waals surface area contributed by atoms with E-state index in [1.54, 1.807) is 30.3 Å². The number of hydrogen-bond donors (Lipinski definition) is 2. The molecule has 0 saturated carbocycles. The number of hydrogen-bond acceptors (Lipinski definition) is 4. The molecule has 2 rings (SSSR count). The van der Waals surface area contributed by atoms with E-state index in [1.807, 2.05) is 0 Å². The van der Waals surface area contributed by atoms with E-state index < -0.39 is 16.9 Å². The number of carbonyl (C=O) groups excluding carboxylic acids is 1. The van der Waals surface area contributed by atoms with Crippen LogP contribution in [-0.4, -0.2) is 10.8 Å². The summed E-state index contributed by atoms with van der Waals surface area (Å²) in [6.45, 7) is 0. The van der Waals surface area contributed by atoms with Gasteiger partial charge in [-0.25, -0.2) is 0 Å². The molecule has 1 atom stereocenters. The number of rotatable bonds is 4. The van der Waals surface area contributed by atoms with Gasteiger partial charge in [-0.05, 0) is 17.7 Å². The number of anilines is 1. The maximum Gasteiger partial charge on any atom is 0.292 e. The summed E-state index contributed by atoms with van der Waals surface area (Å²) in [5, 5.41) is 13.7.